The van der Waals surface area contributed by atoms with Crippen LogP contribution < -0.4 is 10.1 Å². The molecule has 0 radical (unpaired) electrons. The fourth-order valence-electron chi connectivity index (χ4n) is 3.17. The standard InChI is InChI=1S/C21H27N3O2/c1-17-5-3-4-6-19(17)16-23-11-13-24(14-12-23)21(25)22-15-18-7-9-20(26-2)10-8-18/h3-10H,11-16H2,1-2H3,(H,22,25). The van der Waals surface area contributed by atoms with Gasteiger partial charge in [0.15, 0.2) is 0 Å². The molecule has 0 bridgehead atoms. The number of rotatable bonds is 5. The molecule has 1 aliphatic rings. The van der Waals surface area contributed by atoms with Crippen molar-refractivity contribution in [2.24, 2.45) is 0 Å². The summed E-state index contributed by atoms with van der Waals surface area (Å²) in [6.07, 6.45) is 0. The molecule has 26 heavy (non-hydrogen) atoms. The molecule has 0 spiro atoms. The van der Waals surface area contributed by atoms with E-state index < -0.39 is 0 Å². The van der Waals surface area contributed by atoms with Crippen molar-refractivity contribution in [3.8, 4) is 5.75 Å². The quantitative estimate of drug-likeness (QED) is 0.899. The number of methoxy groups -OCH3 is 1. The Labute approximate surface area is 155 Å². The minimum atomic E-state index is 0.0105. The summed E-state index contributed by atoms with van der Waals surface area (Å²) in [7, 11) is 1.65. The second-order valence-electron chi connectivity index (χ2n) is 6.70. The highest BCUT2D eigenvalue weighted by Gasteiger charge is 2.21. The fourth-order valence-corrected chi connectivity index (χ4v) is 3.17. The van der Waals surface area contributed by atoms with E-state index in [0.29, 0.717) is 6.54 Å². The van der Waals surface area contributed by atoms with Crippen LogP contribution in [0.4, 0.5) is 4.79 Å². The van der Waals surface area contributed by atoms with E-state index in [1.165, 1.54) is 11.1 Å². The largest absolute Gasteiger partial charge is 0.497 e. The number of hydrogen-bond acceptors (Lipinski definition) is 3. The number of benzene rings is 2. The van der Waals surface area contributed by atoms with Gasteiger partial charge in [-0.25, -0.2) is 4.79 Å². The zero-order chi connectivity index (χ0) is 18.4. The van der Waals surface area contributed by atoms with Gasteiger partial charge in [0, 0.05) is 39.3 Å². The molecule has 1 fully saturated rings. The van der Waals surface area contributed by atoms with Gasteiger partial charge < -0.3 is 15.0 Å². The summed E-state index contributed by atoms with van der Waals surface area (Å²) in [5.41, 5.74) is 3.76. The molecule has 2 aromatic rings. The van der Waals surface area contributed by atoms with Crippen molar-refractivity contribution in [3.63, 3.8) is 0 Å². The van der Waals surface area contributed by atoms with Gasteiger partial charge in [-0.15, -0.1) is 0 Å². The number of nitrogens with one attached hydrogen (secondary N) is 1. The molecule has 3 rings (SSSR count). The summed E-state index contributed by atoms with van der Waals surface area (Å²) in [4.78, 5) is 16.7. The molecule has 1 saturated heterocycles. The molecule has 0 unspecified atom stereocenters. The predicted molar refractivity (Wildman–Crippen MR) is 103 cm³/mol. The third-order valence-corrected chi connectivity index (χ3v) is 4.92. The number of aryl methyl sites for hydroxylation is 1. The minimum Gasteiger partial charge on any atom is -0.497 e. The van der Waals surface area contributed by atoms with E-state index in [4.69, 9.17) is 4.74 Å². The van der Waals surface area contributed by atoms with Crippen LogP contribution in [0.5, 0.6) is 5.75 Å². The first-order valence-corrected chi connectivity index (χ1v) is 9.08. The Morgan fingerprint density at radius 2 is 1.73 bits per heavy atom. The smallest absolute Gasteiger partial charge is 0.317 e. The summed E-state index contributed by atoms with van der Waals surface area (Å²) < 4.78 is 5.15. The molecule has 1 heterocycles. The third-order valence-electron chi connectivity index (χ3n) is 4.92. The normalized spacial score (nSPS) is 14.9. The summed E-state index contributed by atoms with van der Waals surface area (Å²) in [5.74, 6) is 0.824. The summed E-state index contributed by atoms with van der Waals surface area (Å²) in [5, 5.41) is 3.01. The van der Waals surface area contributed by atoms with E-state index in [2.05, 4.69) is 41.4 Å². The average molecular weight is 353 g/mol. The van der Waals surface area contributed by atoms with Gasteiger partial charge in [0.05, 0.1) is 7.11 Å². The summed E-state index contributed by atoms with van der Waals surface area (Å²) in [6, 6.07) is 16.3. The van der Waals surface area contributed by atoms with Crippen molar-refractivity contribution in [1.29, 1.82) is 0 Å². The first-order chi connectivity index (χ1) is 12.7. The van der Waals surface area contributed by atoms with E-state index in [1.54, 1.807) is 7.11 Å². The lowest BCUT2D eigenvalue weighted by atomic mass is 10.1. The van der Waals surface area contributed by atoms with Crippen molar-refractivity contribution >= 4 is 6.03 Å². The van der Waals surface area contributed by atoms with Crippen LogP contribution in [0.3, 0.4) is 0 Å². The second kappa shape index (κ2) is 8.72. The van der Waals surface area contributed by atoms with Gasteiger partial charge >= 0.3 is 6.03 Å². The van der Waals surface area contributed by atoms with Crippen molar-refractivity contribution < 1.29 is 9.53 Å². The van der Waals surface area contributed by atoms with Gasteiger partial charge in [0.2, 0.25) is 0 Å². The van der Waals surface area contributed by atoms with Crippen LogP contribution >= 0.6 is 0 Å². The monoisotopic (exact) mass is 353 g/mol. The molecular weight excluding hydrogens is 326 g/mol. The summed E-state index contributed by atoms with van der Waals surface area (Å²) in [6.45, 7) is 6.98. The van der Waals surface area contributed by atoms with Gasteiger partial charge in [0.25, 0.3) is 0 Å². The van der Waals surface area contributed by atoms with Gasteiger partial charge in [-0.05, 0) is 35.7 Å². The lowest BCUT2D eigenvalue weighted by molar-refractivity contribution is 0.135. The molecule has 0 aliphatic carbocycles. The molecule has 5 nitrogen and oxygen atoms in total. The number of piperazine rings is 1. The molecule has 138 valence electrons. The van der Waals surface area contributed by atoms with E-state index in [9.17, 15) is 4.79 Å². The zero-order valence-electron chi connectivity index (χ0n) is 15.6. The van der Waals surface area contributed by atoms with Crippen LogP contribution in [0.2, 0.25) is 0 Å². The Morgan fingerprint density at radius 1 is 1.04 bits per heavy atom. The van der Waals surface area contributed by atoms with Crippen LogP contribution in [0, 0.1) is 6.92 Å². The third kappa shape index (κ3) is 4.76. The van der Waals surface area contributed by atoms with Crippen LogP contribution in [0.1, 0.15) is 16.7 Å². The molecule has 1 N–H and O–H groups in total. The van der Waals surface area contributed by atoms with E-state index in [1.807, 2.05) is 29.2 Å². The maximum atomic E-state index is 12.4. The Kier molecular flexibility index (Phi) is 6.12. The van der Waals surface area contributed by atoms with E-state index in [0.717, 1.165) is 44.0 Å². The van der Waals surface area contributed by atoms with Gasteiger partial charge in [-0.3, -0.25) is 4.90 Å². The topological polar surface area (TPSA) is 44.8 Å². The Bertz CT molecular complexity index is 722. The maximum absolute atomic E-state index is 12.4. The molecule has 0 atom stereocenters. The average Bonchev–Trinajstić information content (AvgIpc) is 2.69. The second-order valence-corrected chi connectivity index (χ2v) is 6.70. The minimum absolute atomic E-state index is 0.0105. The number of urea groups is 1. The van der Waals surface area contributed by atoms with Crippen molar-refractivity contribution in [2.45, 2.75) is 20.0 Å². The molecular formula is C21H27N3O2. The van der Waals surface area contributed by atoms with Crippen molar-refractivity contribution in [3.05, 3.63) is 65.2 Å². The predicted octanol–water partition coefficient (Wildman–Crippen LogP) is 3.03. The number of carbonyl (C=O) groups excluding carboxylic acids is 1. The summed E-state index contributed by atoms with van der Waals surface area (Å²) >= 11 is 0. The molecule has 1 aliphatic heterocycles. The number of hydrogen-bond donors (Lipinski definition) is 1. The Morgan fingerprint density at radius 3 is 2.38 bits per heavy atom. The van der Waals surface area contributed by atoms with Gasteiger partial charge in [0.1, 0.15) is 5.75 Å². The molecule has 2 aromatic carbocycles. The number of carbonyl (C=O) groups is 1. The SMILES string of the molecule is COc1ccc(CNC(=O)N2CCN(Cc3ccccc3C)CC2)cc1. The Balaban J connectivity index is 1.43. The number of nitrogens with zero attached hydrogens (tertiary/aromatic N) is 2. The molecule has 0 aromatic heterocycles. The highest BCUT2D eigenvalue weighted by atomic mass is 16.5. The molecule has 5 heteroatoms. The highest BCUT2D eigenvalue weighted by molar-refractivity contribution is 5.74. The number of amides is 2. The zero-order valence-corrected chi connectivity index (χ0v) is 15.6. The van der Waals surface area contributed by atoms with Crippen LogP contribution in [0.25, 0.3) is 0 Å². The van der Waals surface area contributed by atoms with E-state index >= 15 is 0 Å². The van der Waals surface area contributed by atoms with Gasteiger partial charge in [-0.1, -0.05) is 36.4 Å². The van der Waals surface area contributed by atoms with Crippen LogP contribution in [-0.2, 0) is 13.1 Å². The van der Waals surface area contributed by atoms with Crippen LogP contribution in [0.15, 0.2) is 48.5 Å². The van der Waals surface area contributed by atoms with E-state index in [-0.39, 0.29) is 6.03 Å². The fraction of sp³-hybridized carbons (Fsp3) is 0.381. The van der Waals surface area contributed by atoms with Crippen LogP contribution in [-0.4, -0.2) is 49.1 Å². The maximum Gasteiger partial charge on any atom is 0.317 e. The van der Waals surface area contributed by atoms with Crippen molar-refractivity contribution in [2.75, 3.05) is 33.3 Å². The Hall–Kier alpha value is -2.53. The molecule has 0 saturated carbocycles. The van der Waals surface area contributed by atoms with Crippen molar-refractivity contribution in [1.82, 2.24) is 15.1 Å². The number of ether oxygens (including phenoxy) is 1. The lowest BCUT2D eigenvalue weighted by Crippen LogP contribution is -2.51. The highest BCUT2D eigenvalue weighted by Crippen LogP contribution is 2.13. The van der Waals surface area contributed by atoms with Gasteiger partial charge in [-0.2, -0.15) is 0 Å². The lowest BCUT2D eigenvalue weighted by Gasteiger charge is -2.35. The molecule has 2 amide bonds. The first-order valence-electron chi connectivity index (χ1n) is 9.08. The first kappa shape index (κ1) is 18.3.